The maximum Gasteiger partial charge on any atom is 0.276 e. The van der Waals surface area contributed by atoms with Crippen LogP contribution in [-0.2, 0) is 29.2 Å². The predicted molar refractivity (Wildman–Crippen MR) is 112 cm³/mol. The molecule has 1 aromatic carbocycles. The molecule has 2 aromatic heterocycles. The van der Waals surface area contributed by atoms with Crippen LogP contribution in [0.3, 0.4) is 0 Å². The van der Waals surface area contributed by atoms with E-state index in [1.165, 1.54) is 15.9 Å². The van der Waals surface area contributed by atoms with Crippen LogP contribution in [0.2, 0.25) is 0 Å². The van der Waals surface area contributed by atoms with E-state index in [1.807, 2.05) is 0 Å². The lowest BCUT2D eigenvalue weighted by Gasteiger charge is -2.29. The molecule has 13 nitrogen and oxygen atoms in total. The third-order valence-corrected chi connectivity index (χ3v) is 6.38. The molecule has 3 aromatic rings. The summed E-state index contributed by atoms with van der Waals surface area (Å²) in [5, 5.41) is 14.5. The Labute approximate surface area is 192 Å². The molecular formula is C21H19N9O4. The van der Waals surface area contributed by atoms with E-state index in [0.717, 1.165) is 11.4 Å². The number of amides is 4. The fourth-order valence-corrected chi connectivity index (χ4v) is 4.59. The Balaban J connectivity index is 1.20. The average molecular weight is 461 g/mol. The van der Waals surface area contributed by atoms with Gasteiger partial charge in [-0.15, -0.1) is 5.10 Å². The van der Waals surface area contributed by atoms with Crippen LogP contribution >= 0.6 is 0 Å². The highest BCUT2D eigenvalue weighted by Crippen LogP contribution is 2.29. The van der Waals surface area contributed by atoms with E-state index in [0.29, 0.717) is 37.3 Å². The first kappa shape index (κ1) is 20.2. The standard InChI is InChI=1S/C21H19N9O4/c31-18-4-3-16(19(32)24-18)28-8-12-7-13(1-2-14(12)20(28)33)30-9-15(25-26-30)21(34)27-5-6-29-17(10-27)22-11-23-29/h1-2,7,9,11,16H,3-6,8,10H2,(H,24,31,32). The van der Waals surface area contributed by atoms with E-state index >= 15 is 0 Å². The summed E-state index contributed by atoms with van der Waals surface area (Å²) in [5.41, 5.74) is 2.09. The summed E-state index contributed by atoms with van der Waals surface area (Å²) in [7, 11) is 0. The number of benzene rings is 1. The second-order valence-electron chi connectivity index (χ2n) is 8.42. The lowest BCUT2D eigenvalue weighted by atomic mass is 10.0. The maximum atomic E-state index is 12.9. The van der Waals surface area contributed by atoms with Crippen molar-refractivity contribution in [1.29, 1.82) is 0 Å². The normalized spacial score (nSPS) is 19.8. The molecule has 5 heterocycles. The Kier molecular flexibility index (Phi) is 4.50. The molecule has 1 fully saturated rings. The number of carbonyl (C=O) groups excluding carboxylic acids is 4. The smallest absolute Gasteiger partial charge is 0.276 e. The van der Waals surface area contributed by atoms with Gasteiger partial charge in [0.25, 0.3) is 11.8 Å². The van der Waals surface area contributed by atoms with E-state index in [2.05, 4.69) is 25.7 Å². The lowest BCUT2D eigenvalue weighted by molar-refractivity contribution is -0.136. The lowest BCUT2D eigenvalue weighted by Crippen LogP contribution is -2.52. The first-order chi connectivity index (χ1) is 16.5. The fraction of sp³-hybridized carbons (Fsp3) is 0.333. The summed E-state index contributed by atoms with van der Waals surface area (Å²) in [6, 6.07) is 4.52. The Morgan fingerprint density at radius 2 is 2.00 bits per heavy atom. The summed E-state index contributed by atoms with van der Waals surface area (Å²) in [4.78, 5) is 56.8. The molecule has 6 rings (SSSR count). The molecule has 0 saturated carbocycles. The van der Waals surface area contributed by atoms with Crippen LogP contribution in [-0.4, -0.2) is 75.8 Å². The van der Waals surface area contributed by atoms with Crippen LogP contribution in [0.5, 0.6) is 0 Å². The second kappa shape index (κ2) is 7.57. The number of aromatic nitrogens is 6. The quantitative estimate of drug-likeness (QED) is 0.502. The van der Waals surface area contributed by atoms with Gasteiger partial charge in [0.05, 0.1) is 25.0 Å². The SMILES string of the molecule is O=C1CCC(N2Cc3cc(-n4cc(C(=O)N5CCn6ncnc6C5)nn4)ccc3C2=O)C(=O)N1. The average Bonchev–Trinajstić information content (AvgIpc) is 3.57. The Morgan fingerprint density at radius 3 is 2.85 bits per heavy atom. The highest BCUT2D eigenvalue weighted by atomic mass is 16.2. The number of rotatable bonds is 3. The van der Waals surface area contributed by atoms with Crippen LogP contribution in [0.15, 0.2) is 30.7 Å². The molecule has 1 unspecified atom stereocenters. The number of fused-ring (bicyclic) bond motifs is 2. The topological polar surface area (TPSA) is 148 Å². The Hall–Kier alpha value is -4.42. The van der Waals surface area contributed by atoms with E-state index in [-0.39, 0.29) is 36.4 Å². The van der Waals surface area contributed by atoms with Crippen molar-refractivity contribution in [3.8, 4) is 5.69 Å². The zero-order valence-corrected chi connectivity index (χ0v) is 17.9. The summed E-state index contributed by atoms with van der Waals surface area (Å²) < 4.78 is 3.25. The summed E-state index contributed by atoms with van der Waals surface area (Å²) >= 11 is 0. The van der Waals surface area contributed by atoms with Crippen molar-refractivity contribution in [3.63, 3.8) is 0 Å². The number of hydrogen-bond donors (Lipinski definition) is 1. The molecule has 1 atom stereocenters. The van der Waals surface area contributed by atoms with Gasteiger partial charge in [0.1, 0.15) is 18.2 Å². The van der Waals surface area contributed by atoms with Crippen molar-refractivity contribution >= 4 is 23.6 Å². The molecule has 0 spiro atoms. The van der Waals surface area contributed by atoms with E-state index in [4.69, 9.17) is 0 Å². The number of carbonyl (C=O) groups is 4. The van der Waals surface area contributed by atoms with Crippen molar-refractivity contribution < 1.29 is 19.2 Å². The number of piperidine rings is 1. The maximum absolute atomic E-state index is 12.9. The van der Waals surface area contributed by atoms with Gasteiger partial charge in [-0.3, -0.25) is 24.5 Å². The van der Waals surface area contributed by atoms with Gasteiger partial charge < -0.3 is 9.80 Å². The van der Waals surface area contributed by atoms with Crippen molar-refractivity contribution in [2.75, 3.05) is 6.54 Å². The minimum absolute atomic E-state index is 0.201. The summed E-state index contributed by atoms with van der Waals surface area (Å²) in [5.74, 6) is -0.552. The Morgan fingerprint density at radius 1 is 1.12 bits per heavy atom. The Bertz CT molecular complexity index is 1360. The highest BCUT2D eigenvalue weighted by Gasteiger charge is 2.39. The molecule has 34 heavy (non-hydrogen) atoms. The number of nitrogens with one attached hydrogen (secondary N) is 1. The molecule has 0 radical (unpaired) electrons. The van der Waals surface area contributed by atoms with Crippen molar-refractivity contribution in [2.24, 2.45) is 0 Å². The molecule has 4 amide bonds. The van der Waals surface area contributed by atoms with Gasteiger partial charge in [-0.25, -0.2) is 14.3 Å². The number of nitrogens with zero attached hydrogens (tertiary/aromatic N) is 8. The minimum Gasteiger partial charge on any atom is -0.328 e. The zero-order valence-electron chi connectivity index (χ0n) is 17.9. The van der Waals surface area contributed by atoms with E-state index in [9.17, 15) is 19.2 Å². The predicted octanol–water partition coefficient (Wildman–Crippen LogP) is -0.724. The third-order valence-electron chi connectivity index (χ3n) is 6.38. The first-order valence-electron chi connectivity index (χ1n) is 10.8. The zero-order chi connectivity index (χ0) is 23.4. The minimum atomic E-state index is -0.674. The van der Waals surface area contributed by atoms with Crippen LogP contribution < -0.4 is 5.32 Å². The van der Waals surface area contributed by atoms with Gasteiger partial charge in [-0.05, 0) is 30.2 Å². The van der Waals surface area contributed by atoms with E-state index in [1.54, 1.807) is 34.0 Å². The summed E-state index contributed by atoms with van der Waals surface area (Å²) in [6.07, 6.45) is 3.53. The highest BCUT2D eigenvalue weighted by molar-refractivity contribution is 6.05. The van der Waals surface area contributed by atoms with Gasteiger partial charge in [0.2, 0.25) is 11.8 Å². The van der Waals surface area contributed by atoms with E-state index < -0.39 is 11.9 Å². The third kappa shape index (κ3) is 3.24. The largest absolute Gasteiger partial charge is 0.328 e. The molecule has 3 aliphatic heterocycles. The number of hydrogen-bond acceptors (Lipinski definition) is 8. The van der Waals surface area contributed by atoms with Gasteiger partial charge in [0, 0.05) is 25.1 Å². The monoisotopic (exact) mass is 461 g/mol. The molecule has 13 heteroatoms. The molecule has 0 bridgehead atoms. The summed E-state index contributed by atoms with van der Waals surface area (Å²) in [6.45, 7) is 1.67. The van der Waals surface area contributed by atoms with Crippen molar-refractivity contribution in [3.05, 3.63) is 53.4 Å². The first-order valence-corrected chi connectivity index (χ1v) is 10.8. The van der Waals surface area contributed by atoms with Crippen LogP contribution in [0.1, 0.15) is 45.1 Å². The molecule has 3 aliphatic rings. The molecule has 172 valence electrons. The van der Waals surface area contributed by atoms with Crippen molar-refractivity contribution in [1.82, 2.24) is 44.9 Å². The molecule has 1 saturated heterocycles. The fourth-order valence-electron chi connectivity index (χ4n) is 4.59. The van der Waals surface area contributed by atoms with Gasteiger partial charge in [-0.1, -0.05) is 5.21 Å². The number of imide groups is 1. The second-order valence-corrected chi connectivity index (χ2v) is 8.42. The molecule has 1 N–H and O–H groups in total. The van der Waals surface area contributed by atoms with Crippen LogP contribution in [0, 0.1) is 0 Å². The van der Waals surface area contributed by atoms with Crippen LogP contribution in [0.25, 0.3) is 5.69 Å². The van der Waals surface area contributed by atoms with Gasteiger partial charge in [-0.2, -0.15) is 5.10 Å². The molecular weight excluding hydrogens is 442 g/mol. The van der Waals surface area contributed by atoms with Gasteiger partial charge in [0.15, 0.2) is 5.69 Å². The van der Waals surface area contributed by atoms with Crippen LogP contribution in [0.4, 0.5) is 0 Å². The molecule has 0 aliphatic carbocycles. The van der Waals surface area contributed by atoms with Gasteiger partial charge >= 0.3 is 0 Å². The van der Waals surface area contributed by atoms with Crippen molar-refractivity contribution in [2.45, 2.75) is 38.5 Å².